The summed E-state index contributed by atoms with van der Waals surface area (Å²) in [7, 11) is 0. The van der Waals surface area contributed by atoms with Crippen LogP contribution >= 0.6 is 11.8 Å². The number of anilines is 2. The Labute approximate surface area is 160 Å². The quantitative estimate of drug-likeness (QED) is 0.638. The van der Waals surface area contributed by atoms with Crippen molar-refractivity contribution in [3.63, 3.8) is 0 Å². The molecular formula is C19H17N5O2S. The van der Waals surface area contributed by atoms with Crippen LogP contribution in [0.4, 0.5) is 11.4 Å². The van der Waals surface area contributed by atoms with Crippen molar-refractivity contribution < 1.29 is 9.59 Å². The number of nitrogens with zero attached hydrogens (tertiary/aromatic N) is 3. The molecule has 0 radical (unpaired) electrons. The Kier molecular flexibility index (Phi) is 6.11. The SMILES string of the molecule is CC(=O)Nc1ccc(NC(=O)CSc2ccc(-c3ccccn3)nn2)cc1. The minimum atomic E-state index is -0.150. The lowest BCUT2D eigenvalue weighted by Gasteiger charge is -2.07. The van der Waals surface area contributed by atoms with Crippen LogP contribution in [0, 0.1) is 0 Å². The molecule has 0 atom stereocenters. The highest BCUT2D eigenvalue weighted by Crippen LogP contribution is 2.19. The largest absolute Gasteiger partial charge is 0.326 e. The Morgan fingerprint density at radius 3 is 2.22 bits per heavy atom. The van der Waals surface area contributed by atoms with Crippen molar-refractivity contribution in [2.45, 2.75) is 11.9 Å². The van der Waals surface area contributed by atoms with E-state index < -0.39 is 0 Å². The van der Waals surface area contributed by atoms with Crippen LogP contribution in [0.3, 0.4) is 0 Å². The number of rotatable bonds is 6. The third-order valence-electron chi connectivity index (χ3n) is 3.41. The van der Waals surface area contributed by atoms with Gasteiger partial charge in [-0.25, -0.2) is 0 Å². The molecular weight excluding hydrogens is 362 g/mol. The second-order valence-electron chi connectivity index (χ2n) is 5.57. The number of carbonyl (C=O) groups excluding carboxylic acids is 2. The van der Waals surface area contributed by atoms with E-state index in [-0.39, 0.29) is 17.6 Å². The Bertz CT molecular complexity index is 915. The molecule has 2 aromatic heterocycles. The summed E-state index contributed by atoms with van der Waals surface area (Å²) in [4.78, 5) is 27.3. The zero-order chi connectivity index (χ0) is 19.1. The van der Waals surface area contributed by atoms with E-state index in [0.717, 1.165) is 5.69 Å². The number of hydrogen-bond acceptors (Lipinski definition) is 6. The third-order valence-corrected chi connectivity index (χ3v) is 4.33. The molecule has 27 heavy (non-hydrogen) atoms. The van der Waals surface area contributed by atoms with Crippen LogP contribution in [0.5, 0.6) is 0 Å². The van der Waals surface area contributed by atoms with Gasteiger partial charge in [-0.3, -0.25) is 14.6 Å². The summed E-state index contributed by atoms with van der Waals surface area (Å²) in [5.74, 6) is -0.0772. The second-order valence-corrected chi connectivity index (χ2v) is 6.56. The zero-order valence-corrected chi connectivity index (χ0v) is 15.4. The first-order valence-corrected chi connectivity index (χ1v) is 9.14. The van der Waals surface area contributed by atoms with Gasteiger partial charge < -0.3 is 10.6 Å². The first-order chi connectivity index (χ1) is 13.1. The Balaban J connectivity index is 1.51. The van der Waals surface area contributed by atoms with E-state index >= 15 is 0 Å². The molecule has 0 aliphatic heterocycles. The van der Waals surface area contributed by atoms with Gasteiger partial charge in [-0.15, -0.1) is 10.2 Å². The number of aromatic nitrogens is 3. The molecule has 0 saturated carbocycles. The highest BCUT2D eigenvalue weighted by atomic mass is 32.2. The summed E-state index contributed by atoms with van der Waals surface area (Å²) in [6.45, 7) is 1.44. The molecule has 0 fully saturated rings. The summed E-state index contributed by atoms with van der Waals surface area (Å²) in [5.41, 5.74) is 2.77. The van der Waals surface area contributed by atoms with Crippen LogP contribution in [-0.2, 0) is 9.59 Å². The number of pyridine rings is 1. The van der Waals surface area contributed by atoms with Gasteiger partial charge in [0.05, 0.1) is 11.4 Å². The van der Waals surface area contributed by atoms with Crippen LogP contribution in [-0.4, -0.2) is 32.7 Å². The van der Waals surface area contributed by atoms with Gasteiger partial charge in [-0.1, -0.05) is 17.8 Å². The monoisotopic (exact) mass is 379 g/mol. The maximum Gasteiger partial charge on any atom is 0.234 e. The highest BCUT2D eigenvalue weighted by Gasteiger charge is 2.07. The molecule has 2 heterocycles. The number of hydrogen-bond donors (Lipinski definition) is 2. The molecule has 136 valence electrons. The molecule has 0 aliphatic carbocycles. The fraction of sp³-hybridized carbons (Fsp3) is 0.105. The van der Waals surface area contributed by atoms with E-state index in [4.69, 9.17) is 0 Å². The van der Waals surface area contributed by atoms with Crippen molar-refractivity contribution in [1.29, 1.82) is 0 Å². The number of thioether (sulfide) groups is 1. The van der Waals surface area contributed by atoms with Crippen molar-refractivity contribution in [3.8, 4) is 11.4 Å². The van der Waals surface area contributed by atoms with Crippen molar-refractivity contribution in [3.05, 3.63) is 60.8 Å². The van der Waals surface area contributed by atoms with Crippen molar-refractivity contribution in [1.82, 2.24) is 15.2 Å². The molecule has 0 unspecified atom stereocenters. The highest BCUT2D eigenvalue weighted by molar-refractivity contribution is 7.99. The molecule has 7 nitrogen and oxygen atoms in total. The minimum Gasteiger partial charge on any atom is -0.326 e. The summed E-state index contributed by atoms with van der Waals surface area (Å²) < 4.78 is 0. The van der Waals surface area contributed by atoms with Crippen molar-refractivity contribution in [2.75, 3.05) is 16.4 Å². The third kappa shape index (κ3) is 5.61. The number of carbonyl (C=O) groups is 2. The molecule has 1 aromatic carbocycles. The normalized spacial score (nSPS) is 10.3. The average Bonchev–Trinajstić information content (AvgIpc) is 2.69. The van der Waals surface area contributed by atoms with Gasteiger partial charge >= 0.3 is 0 Å². The summed E-state index contributed by atoms with van der Waals surface area (Å²) in [6, 6.07) is 16.2. The zero-order valence-electron chi connectivity index (χ0n) is 14.5. The molecule has 3 aromatic rings. The smallest absolute Gasteiger partial charge is 0.234 e. The molecule has 0 aliphatic rings. The van der Waals surface area contributed by atoms with E-state index in [0.29, 0.717) is 22.1 Å². The lowest BCUT2D eigenvalue weighted by atomic mass is 10.2. The van der Waals surface area contributed by atoms with Gasteiger partial charge in [0.25, 0.3) is 0 Å². The Hall–Kier alpha value is -3.26. The second kappa shape index (κ2) is 8.91. The predicted molar refractivity (Wildman–Crippen MR) is 105 cm³/mol. The average molecular weight is 379 g/mol. The van der Waals surface area contributed by atoms with Gasteiger partial charge in [0.15, 0.2) is 0 Å². The maximum atomic E-state index is 12.1. The standard InChI is InChI=1S/C19H17N5O2S/c1-13(25)21-14-5-7-15(8-6-14)22-18(26)12-27-19-10-9-17(23-24-19)16-4-2-3-11-20-16/h2-11H,12H2,1H3,(H,21,25)(H,22,26). The maximum absolute atomic E-state index is 12.1. The van der Waals surface area contributed by atoms with Gasteiger partial charge in [0.2, 0.25) is 11.8 Å². The van der Waals surface area contributed by atoms with E-state index in [2.05, 4.69) is 25.8 Å². The van der Waals surface area contributed by atoms with Crippen molar-refractivity contribution >= 4 is 35.0 Å². The molecule has 8 heteroatoms. The van der Waals surface area contributed by atoms with Crippen LogP contribution in [0.15, 0.2) is 65.8 Å². The Morgan fingerprint density at radius 2 is 1.63 bits per heavy atom. The predicted octanol–water partition coefficient (Wildman–Crippen LogP) is 3.23. The van der Waals surface area contributed by atoms with Gasteiger partial charge in [0, 0.05) is 24.5 Å². The van der Waals surface area contributed by atoms with Crippen LogP contribution < -0.4 is 10.6 Å². The minimum absolute atomic E-state index is 0.140. The van der Waals surface area contributed by atoms with Crippen molar-refractivity contribution in [2.24, 2.45) is 0 Å². The van der Waals surface area contributed by atoms with Gasteiger partial charge in [0.1, 0.15) is 10.7 Å². The molecule has 0 bridgehead atoms. The lowest BCUT2D eigenvalue weighted by Crippen LogP contribution is -2.14. The topological polar surface area (TPSA) is 96.9 Å². The van der Waals surface area contributed by atoms with E-state index in [9.17, 15) is 9.59 Å². The van der Waals surface area contributed by atoms with E-state index in [1.165, 1.54) is 18.7 Å². The van der Waals surface area contributed by atoms with Gasteiger partial charge in [-0.05, 0) is 48.5 Å². The molecule has 0 spiro atoms. The summed E-state index contributed by atoms with van der Waals surface area (Å²) >= 11 is 1.30. The summed E-state index contributed by atoms with van der Waals surface area (Å²) in [5, 5.41) is 14.4. The fourth-order valence-electron chi connectivity index (χ4n) is 2.22. The first kappa shape index (κ1) is 18.5. The first-order valence-electron chi connectivity index (χ1n) is 8.15. The fourth-order valence-corrected chi connectivity index (χ4v) is 2.84. The van der Waals surface area contributed by atoms with Crippen LogP contribution in [0.25, 0.3) is 11.4 Å². The van der Waals surface area contributed by atoms with Gasteiger partial charge in [-0.2, -0.15) is 0 Å². The van der Waals surface area contributed by atoms with Crippen LogP contribution in [0.2, 0.25) is 0 Å². The summed E-state index contributed by atoms with van der Waals surface area (Å²) in [6.07, 6.45) is 1.70. The van der Waals surface area contributed by atoms with E-state index in [1.54, 1.807) is 30.5 Å². The Morgan fingerprint density at radius 1 is 0.889 bits per heavy atom. The molecule has 3 rings (SSSR count). The van der Waals surface area contributed by atoms with Crippen LogP contribution in [0.1, 0.15) is 6.92 Å². The molecule has 2 amide bonds. The lowest BCUT2D eigenvalue weighted by molar-refractivity contribution is -0.114. The number of amides is 2. The number of nitrogens with one attached hydrogen (secondary N) is 2. The van der Waals surface area contributed by atoms with E-state index in [1.807, 2.05) is 30.3 Å². The number of benzene rings is 1. The molecule has 2 N–H and O–H groups in total. The molecule has 0 saturated heterocycles.